The number of benzene rings is 2. The van der Waals surface area contributed by atoms with Crippen molar-refractivity contribution in [3.8, 4) is 11.5 Å². The molecule has 2 amide bonds. The van der Waals surface area contributed by atoms with Crippen LogP contribution in [-0.4, -0.2) is 35.6 Å². The molecule has 1 aliphatic heterocycles. The minimum absolute atomic E-state index is 0.0163. The van der Waals surface area contributed by atoms with Crippen LogP contribution in [0.2, 0.25) is 0 Å². The second-order valence-corrected chi connectivity index (χ2v) is 9.72. The van der Waals surface area contributed by atoms with Crippen LogP contribution in [0.5, 0.6) is 11.5 Å². The number of nitrogens with one attached hydrogen (secondary N) is 1. The molecule has 0 unspecified atom stereocenters. The molecule has 6 rings (SSSR count). The Hall–Kier alpha value is -4.33. The zero-order valence-electron chi connectivity index (χ0n) is 20.9. The molecule has 3 heterocycles. The largest absolute Gasteiger partial charge is 0.485 e. The predicted molar refractivity (Wildman–Crippen MR) is 142 cm³/mol. The maximum absolute atomic E-state index is 14.2. The lowest BCUT2D eigenvalue weighted by atomic mass is 9.95. The fraction of sp³-hybridized carbons (Fsp3) is 0.300. The van der Waals surface area contributed by atoms with Crippen molar-refractivity contribution in [1.29, 1.82) is 0 Å². The third-order valence-corrected chi connectivity index (χ3v) is 7.15. The monoisotopic (exact) mass is 511 g/mol. The Morgan fingerprint density at radius 3 is 2.55 bits per heavy atom. The van der Waals surface area contributed by atoms with Crippen LogP contribution < -0.4 is 19.7 Å². The number of amides is 2. The Balaban J connectivity index is 1.41. The lowest BCUT2D eigenvalue weighted by Gasteiger charge is -2.35. The molecule has 1 saturated carbocycles. The third kappa shape index (κ3) is 4.81. The number of carbonyl (C=O) groups excluding carboxylic acids is 2. The van der Waals surface area contributed by atoms with Gasteiger partial charge in [-0.3, -0.25) is 19.5 Å². The van der Waals surface area contributed by atoms with Gasteiger partial charge in [-0.1, -0.05) is 49.6 Å². The summed E-state index contributed by atoms with van der Waals surface area (Å²) in [6.07, 6.45) is 7.30. The third-order valence-electron chi connectivity index (χ3n) is 7.15. The Bertz CT molecular complexity index is 1430. The van der Waals surface area contributed by atoms with Crippen molar-refractivity contribution in [3.05, 3.63) is 85.0 Å². The summed E-state index contributed by atoms with van der Waals surface area (Å²) >= 11 is 0. The minimum atomic E-state index is -1.05. The summed E-state index contributed by atoms with van der Waals surface area (Å²) in [5.41, 5.74) is 1.26. The van der Waals surface area contributed by atoms with E-state index in [0.717, 1.165) is 36.6 Å². The molecule has 0 spiro atoms. The summed E-state index contributed by atoms with van der Waals surface area (Å²) in [5, 5.41) is 4.03. The van der Waals surface area contributed by atoms with Gasteiger partial charge in [-0.05, 0) is 49.2 Å². The van der Waals surface area contributed by atoms with Crippen LogP contribution in [0.1, 0.15) is 43.9 Å². The summed E-state index contributed by atoms with van der Waals surface area (Å²) in [6, 6.07) is 19.2. The molecule has 8 nitrogen and oxygen atoms in total. The first-order chi connectivity index (χ1) is 18.7. The first-order valence-electron chi connectivity index (χ1n) is 13.1. The van der Waals surface area contributed by atoms with Crippen LogP contribution in [0.15, 0.2) is 83.6 Å². The van der Waals surface area contributed by atoms with Crippen LogP contribution in [0.4, 0.5) is 5.69 Å². The summed E-state index contributed by atoms with van der Waals surface area (Å²) < 4.78 is 17.7. The lowest BCUT2D eigenvalue weighted by Crippen LogP contribution is -2.52. The molecule has 1 N–H and O–H groups in total. The van der Waals surface area contributed by atoms with Crippen molar-refractivity contribution >= 4 is 28.4 Å². The van der Waals surface area contributed by atoms with Crippen molar-refractivity contribution < 1.29 is 23.5 Å². The average molecular weight is 512 g/mol. The summed E-state index contributed by atoms with van der Waals surface area (Å²) in [5.74, 6) is 0.696. The van der Waals surface area contributed by atoms with E-state index >= 15 is 0 Å². The molecule has 38 heavy (non-hydrogen) atoms. The maximum atomic E-state index is 14.2. The Morgan fingerprint density at radius 2 is 1.74 bits per heavy atom. The van der Waals surface area contributed by atoms with Crippen molar-refractivity contribution in [2.24, 2.45) is 0 Å². The average Bonchev–Trinajstić information content (AvgIpc) is 3.50. The van der Waals surface area contributed by atoms with E-state index in [1.807, 2.05) is 42.5 Å². The van der Waals surface area contributed by atoms with Gasteiger partial charge in [0, 0.05) is 11.4 Å². The zero-order valence-corrected chi connectivity index (χ0v) is 20.9. The smallest absolute Gasteiger partial charge is 0.272 e. The summed E-state index contributed by atoms with van der Waals surface area (Å²) in [6.45, 7) is 0.0163. The fourth-order valence-corrected chi connectivity index (χ4v) is 5.24. The number of para-hydroxylation sites is 3. The van der Waals surface area contributed by atoms with E-state index in [1.54, 1.807) is 30.5 Å². The molecule has 194 valence electrons. The Kier molecular flexibility index (Phi) is 6.69. The van der Waals surface area contributed by atoms with Gasteiger partial charge < -0.3 is 19.2 Å². The molecule has 2 atom stereocenters. The maximum Gasteiger partial charge on any atom is 0.272 e. The minimum Gasteiger partial charge on any atom is -0.485 e. The number of hydrogen-bond donors (Lipinski definition) is 1. The first kappa shape index (κ1) is 24.0. The van der Waals surface area contributed by atoms with E-state index in [1.165, 1.54) is 17.6 Å². The molecular formula is C30H29N3O5. The number of fused-ring (bicyclic) bond motifs is 2. The van der Waals surface area contributed by atoms with Gasteiger partial charge in [0.1, 0.15) is 12.4 Å². The Labute approximate surface area is 220 Å². The van der Waals surface area contributed by atoms with Crippen LogP contribution in [0.25, 0.3) is 10.9 Å². The molecular weight excluding hydrogens is 482 g/mol. The van der Waals surface area contributed by atoms with Gasteiger partial charge in [0.15, 0.2) is 17.5 Å². The number of ether oxygens (including phenoxy) is 2. The number of carbonyl (C=O) groups is 2. The van der Waals surface area contributed by atoms with Crippen LogP contribution >= 0.6 is 0 Å². The SMILES string of the molecule is O=C(NC1CCCCC1)[C@H](c1ccco1)N(C(=O)[C@@H]1COc2ccccc2O1)c1cnc2ccccc2c1. The molecule has 0 bridgehead atoms. The van der Waals surface area contributed by atoms with E-state index in [9.17, 15) is 9.59 Å². The molecule has 1 fully saturated rings. The van der Waals surface area contributed by atoms with Crippen molar-refractivity contribution in [3.63, 3.8) is 0 Å². The normalized spacial score (nSPS) is 18.1. The Morgan fingerprint density at radius 1 is 0.947 bits per heavy atom. The van der Waals surface area contributed by atoms with E-state index in [2.05, 4.69) is 10.3 Å². The number of aromatic nitrogens is 1. The van der Waals surface area contributed by atoms with E-state index < -0.39 is 18.1 Å². The first-order valence-corrected chi connectivity index (χ1v) is 13.1. The number of furan rings is 1. The predicted octanol–water partition coefficient (Wildman–Crippen LogP) is 5.19. The summed E-state index contributed by atoms with van der Waals surface area (Å²) in [7, 11) is 0. The highest BCUT2D eigenvalue weighted by Crippen LogP contribution is 2.35. The highest BCUT2D eigenvalue weighted by molar-refractivity contribution is 6.04. The fourth-order valence-electron chi connectivity index (χ4n) is 5.24. The molecule has 4 aromatic rings. The molecule has 0 radical (unpaired) electrons. The van der Waals surface area contributed by atoms with Gasteiger partial charge >= 0.3 is 0 Å². The van der Waals surface area contributed by atoms with Crippen molar-refractivity contribution in [2.75, 3.05) is 11.5 Å². The lowest BCUT2D eigenvalue weighted by molar-refractivity contribution is -0.132. The van der Waals surface area contributed by atoms with Gasteiger partial charge in [0.2, 0.25) is 6.10 Å². The molecule has 1 aliphatic carbocycles. The quantitative estimate of drug-likeness (QED) is 0.383. The van der Waals surface area contributed by atoms with Crippen LogP contribution in [-0.2, 0) is 9.59 Å². The van der Waals surface area contributed by atoms with E-state index in [-0.39, 0.29) is 18.6 Å². The molecule has 2 aliphatic rings. The number of nitrogens with zero attached hydrogens (tertiary/aromatic N) is 2. The highest BCUT2D eigenvalue weighted by Gasteiger charge is 2.41. The zero-order chi connectivity index (χ0) is 25.9. The number of rotatable bonds is 6. The van der Waals surface area contributed by atoms with Gasteiger partial charge in [0.25, 0.3) is 11.8 Å². The second-order valence-electron chi connectivity index (χ2n) is 9.72. The van der Waals surface area contributed by atoms with Crippen LogP contribution in [0.3, 0.4) is 0 Å². The summed E-state index contributed by atoms with van der Waals surface area (Å²) in [4.78, 5) is 34.2. The van der Waals surface area contributed by atoms with Crippen LogP contribution in [0, 0.1) is 0 Å². The highest BCUT2D eigenvalue weighted by atomic mass is 16.6. The molecule has 2 aromatic carbocycles. The van der Waals surface area contributed by atoms with E-state index in [0.29, 0.717) is 22.9 Å². The van der Waals surface area contributed by atoms with Gasteiger partial charge in [-0.2, -0.15) is 0 Å². The topological polar surface area (TPSA) is 93.9 Å². The van der Waals surface area contributed by atoms with Gasteiger partial charge in [-0.15, -0.1) is 0 Å². The molecule has 0 saturated heterocycles. The van der Waals surface area contributed by atoms with Crippen molar-refractivity contribution in [2.45, 2.75) is 50.3 Å². The standard InChI is InChI=1S/C30H29N3O5/c34-29(32-21-10-2-1-3-11-21)28(26-15-8-16-36-26)33(22-17-20-9-4-5-12-23(20)31-18-22)30(35)27-19-37-24-13-6-7-14-25(24)38-27/h4-9,12-18,21,27-28H,1-3,10-11,19H2,(H,32,34)/t27-,28-/m0/s1. The molecule has 2 aromatic heterocycles. The molecule has 8 heteroatoms. The second kappa shape index (κ2) is 10.6. The van der Waals surface area contributed by atoms with Crippen molar-refractivity contribution in [1.82, 2.24) is 10.3 Å². The number of pyridine rings is 1. The number of anilines is 1. The van der Waals surface area contributed by atoms with Gasteiger partial charge in [-0.25, -0.2) is 0 Å². The van der Waals surface area contributed by atoms with E-state index in [4.69, 9.17) is 13.9 Å². The number of hydrogen-bond acceptors (Lipinski definition) is 6. The van der Waals surface area contributed by atoms with Gasteiger partial charge in [0.05, 0.1) is 23.7 Å².